The van der Waals surface area contributed by atoms with E-state index >= 15 is 0 Å². The first-order chi connectivity index (χ1) is 13.7. The predicted octanol–water partition coefficient (Wildman–Crippen LogP) is 4.40. The van der Waals surface area contributed by atoms with Gasteiger partial charge in [0.05, 0.1) is 16.2 Å². The zero-order valence-electron chi connectivity index (χ0n) is 15.0. The number of anilines is 1. The molecule has 0 saturated carbocycles. The highest BCUT2D eigenvalue weighted by Crippen LogP contribution is 2.32. The average molecular weight is 460 g/mol. The molecule has 0 radical (unpaired) electrons. The molecule has 0 atom stereocenters. The predicted molar refractivity (Wildman–Crippen MR) is 108 cm³/mol. The molecular formula is C18H16F3N3O2S3. The van der Waals surface area contributed by atoms with Gasteiger partial charge in [-0.05, 0) is 29.6 Å². The number of aromatic nitrogens is 1. The number of sulfonamides is 1. The summed E-state index contributed by atoms with van der Waals surface area (Å²) >= 11 is 3.08. The fraction of sp³-hybridized carbons (Fsp3) is 0.278. The van der Waals surface area contributed by atoms with Gasteiger partial charge in [-0.15, -0.1) is 11.3 Å². The Labute approximate surface area is 174 Å². The molecule has 1 aliphatic heterocycles. The van der Waals surface area contributed by atoms with Crippen LogP contribution in [0.2, 0.25) is 0 Å². The summed E-state index contributed by atoms with van der Waals surface area (Å²) in [6.07, 6.45) is -4.59. The van der Waals surface area contributed by atoms with E-state index in [1.807, 2.05) is 27.1 Å². The molecular weight excluding hydrogens is 443 g/mol. The van der Waals surface area contributed by atoms with Crippen molar-refractivity contribution in [3.8, 4) is 11.3 Å². The van der Waals surface area contributed by atoms with Crippen LogP contribution >= 0.6 is 22.7 Å². The molecule has 2 aromatic heterocycles. The van der Waals surface area contributed by atoms with Gasteiger partial charge in [0.1, 0.15) is 0 Å². The van der Waals surface area contributed by atoms with E-state index in [1.165, 1.54) is 21.7 Å². The summed E-state index contributed by atoms with van der Waals surface area (Å²) in [6.45, 7) is 1.22. The van der Waals surface area contributed by atoms with Crippen LogP contribution in [0, 0.1) is 0 Å². The minimum absolute atomic E-state index is 0.186. The summed E-state index contributed by atoms with van der Waals surface area (Å²) in [7, 11) is -3.99. The van der Waals surface area contributed by atoms with Gasteiger partial charge in [-0.25, -0.2) is 13.4 Å². The Morgan fingerprint density at radius 1 is 1.03 bits per heavy atom. The third kappa shape index (κ3) is 4.18. The van der Waals surface area contributed by atoms with Crippen LogP contribution in [0.4, 0.5) is 18.3 Å². The van der Waals surface area contributed by atoms with E-state index in [0.717, 1.165) is 28.5 Å². The number of thiazole rings is 1. The monoisotopic (exact) mass is 459 g/mol. The van der Waals surface area contributed by atoms with Gasteiger partial charge in [0.2, 0.25) is 10.0 Å². The standard InChI is InChI=1S/C18H16F3N3O2S3/c19-18(20,21)14-2-1-3-15(10-14)29(25,26)24-7-5-23(6-8-24)17-22-16(12-28-17)13-4-9-27-11-13/h1-4,9-12H,5-8H2. The topological polar surface area (TPSA) is 53.5 Å². The van der Waals surface area contributed by atoms with Crippen LogP contribution < -0.4 is 4.90 Å². The lowest BCUT2D eigenvalue weighted by molar-refractivity contribution is -0.137. The van der Waals surface area contributed by atoms with E-state index in [1.54, 1.807) is 11.3 Å². The summed E-state index contributed by atoms with van der Waals surface area (Å²) in [5.74, 6) is 0. The number of piperazine rings is 1. The number of rotatable bonds is 4. The van der Waals surface area contributed by atoms with Gasteiger partial charge < -0.3 is 4.90 Å². The highest BCUT2D eigenvalue weighted by atomic mass is 32.2. The van der Waals surface area contributed by atoms with Crippen molar-refractivity contribution in [1.82, 2.24) is 9.29 Å². The minimum atomic E-state index is -4.59. The summed E-state index contributed by atoms with van der Waals surface area (Å²) in [5, 5.41) is 6.76. The molecule has 1 aromatic carbocycles. The number of alkyl halides is 3. The third-order valence-electron chi connectivity index (χ3n) is 4.62. The lowest BCUT2D eigenvalue weighted by atomic mass is 10.2. The molecule has 11 heteroatoms. The average Bonchev–Trinajstić information content (AvgIpc) is 3.39. The second-order valence-electron chi connectivity index (χ2n) is 6.44. The van der Waals surface area contributed by atoms with Gasteiger partial charge >= 0.3 is 6.18 Å². The van der Waals surface area contributed by atoms with Crippen molar-refractivity contribution < 1.29 is 21.6 Å². The number of nitrogens with zero attached hydrogens (tertiary/aromatic N) is 3. The molecule has 5 nitrogen and oxygen atoms in total. The second kappa shape index (κ2) is 7.71. The molecule has 0 spiro atoms. The zero-order chi connectivity index (χ0) is 20.6. The molecule has 0 bridgehead atoms. The van der Waals surface area contributed by atoms with Gasteiger partial charge in [0, 0.05) is 42.5 Å². The third-order valence-corrected chi connectivity index (χ3v) is 8.10. The van der Waals surface area contributed by atoms with E-state index in [9.17, 15) is 21.6 Å². The van der Waals surface area contributed by atoms with Crippen molar-refractivity contribution in [3.63, 3.8) is 0 Å². The maximum Gasteiger partial charge on any atom is 0.416 e. The first kappa shape index (κ1) is 20.3. The zero-order valence-corrected chi connectivity index (χ0v) is 17.4. The van der Waals surface area contributed by atoms with Crippen LogP contribution in [0.1, 0.15) is 5.56 Å². The van der Waals surface area contributed by atoms with Crippen molar-refractivity contribution in [2.24, 2.45) is 0 Å². The Bertz CT molecular complexity index is 1090. The van der Waals surface area contributed by atoms with Crippen LogP contribution in [0.3, 0.4) is 0 Å². The van der Waals surface area contributed by atoms with Crippen LogP contribution in [0.15, 0.2) is 51.4 Å². The van der Waals surface area contributed by atoms with Gasteiger partial charge in [0.15, 0.2) is 5.13 Å². The highest BCUT2D eigenvalue weighted by molar-refractivity contribution is 7.89. The van der Waals surface area contributed by atoms with Gasteiger partial charge in [0.25, 0.3) is 0 Å². The van der Waals surface area contributed by atoms with Crippen LogP contribution in [-0.4, -0.2) is 43.9 Å². The quantitative estimate of drug-likeness (QED) is 0.580. The Morgan fingerprint density at radius 3 is 2.45 bits per heavy atom. The highest BCUT2D eigenvalue weighted by Gasteiger charge is 2.34. The van der Waals surface area contributed by atoms with E-state index in [4.69, 9.17) is 0 Å². The maximum atomic E-state index is 12.9. The molecule has 29 heavy (non-hydrogen) atoms. The first-order valence-electron chi connectivity index (χ1n) is 8.65. The lowest BCUT2D eigenvalue weighted by Gasteiger charge is -2.33. The van der Waals surface area contributed by atoms with Crippen LogP contribution in [0.25, 0.3) is 11.3 Å². The van der Waals surface area contributed by atoms with Crippen molar-refractivity contribution in [2.45, 2.75) is 11.1 Å². The molecule has 0 aliphatic carbocycles. The summed E-state index contributed by atoms with van der Waals surface area (Å²) in [5.41, 5.74) is 0.953. The first-order valence-corrected chi connectivity index (χ1v) is 11.9. The SMILES string of the molecule is O=S(=O)(c1cccc(C(F)(F)F)c1)N1CCN(c2nc(-c3ccsc3)cs2)CC1. The minimum Gasteiger partial charge on any atom is -0.345 e. The number of hydrogen-bond donors (Lipinski definition) is 0. The maximum absolute atomic E-state index is 12.9. The molecule has 1 aliphatic rings. The Kier molecular flexibility index (Phi) is 5.40. The number of benzene rings is 1. The largest absolute Gasteiger partial charge is 0.416 e. The van der Waals surface area contributed by atoms with Crippen molar-refractivity contribution in [3.05, 3.63) is 52.0 Å². The molecule has 0 unspecified atom stereocenters. The second-order valence-corrected chi connectivity index (χ2v) is 10.00. The molecule has 4 rings (SSSR count). The van der Waals surface area contributed by atoms with Crippen LogP contribution in [-0.2, 0) is 16.2 Å². The number of thiophene rings is 1. The number of hydrogen-bond acceptors (Lipinski definition) is 6. The molecule has 0 N–H and O–H groups in total. The summed E-state index contributed by atoms with van der Waals surface area (Å²) in [4.78, 5) is 6.28. The fourth-order valence-electron chi connectivity index (χ4n) is 3.05. The lowest BCUT2D eigenvalue weighted by Crippen LogP contribution is -2.48. The molecule has 154 valence electrons. The Morgan fingerprint density at radius 2 is 1.79 bits per heavy atom. The van der Waals surface area contributed by atoms with E-state index in [2.05, 4.69) is 4.98 Å². The van der Waals surface area contributed by atoms with Gasteiger partial charge in [-0.3, -0.25) is 0 Å². The molecule has 1 saturated heterocycles. The van der Waals surface area contributed by atoms with Crippen molar-refractivity contribution >= 4 is 37.8 Å². The molecule has 3 heterocycles. The van der Waals surface area contributed by atoms with Crippen molar-refractivity contribution in [2.75, 3.05) is 31.1 Å². The smallest absolute Gasteiger partial charge is 0.345 e. The number of halogens is 3. The van der Waals surface area contributed by atoms with Crippen LogP contribution in [0.5, 0.6) is 0 Å². The Hall–Kier alpha value is -1.95. The summed E-state index contributed by atoms with van der Waals surface area (Å²) in [6, 6.07) is 5.86. The van der Waals surface area contributed by atoms with E-state index < -0.39 is 21.8 Å². The molecule has 0 amide bonds. The van der Waals surface area contributed by atoms with Gasteiger partial charge in [-0.2, -0.15) is 28.8 Å². The summed E-state index contributed by atoms with van der Waals surface area (Å²) < 4.78 is 65.6. The van der Waals surface area contributed by atoms with Crippen molar-refractivity contribution in [1.29, 1.82) is 0 Å². The van der Waals surface area contributed by atoms with Gasteiger partial charge in [-0.1, -0.05) is 6.07 Å². The van der Waals surface area contributed by atoms with E-state index in [-0.39, 0.29) is 18.0 Å². The molecule has 1 fully saturated rings. The van der Waals surface area contributed by atoms with E-state index in [0.29, 0.717) is 19.2 Å². The normalized spacial score (nSPS) is 16.3. The molecule has 3 aromatic rings. The fourth-order valence-corrected chi connectivity index (χ4v) is 6.06. The Balaban J connectivity index is 1.47.